The van der Waals surface area contributed by atoms with Gasteiger partial charge in [-0.25, -0.2) is 4.79 Å². The van der Waals surface area contributed by atoms with Gasteiger partial charge in [0.05, 0.1) is 12.6 Å². The Labute approximate surface area is 126 Å². The number of pyridine rings is 1. The topological polar surface area (TPSA) is 71.5 Å². The normalized spacial score (nSPS) is 13.6. The summed E-state index contributed by atoms with van der Waals surface area (Å²) in [6.45, 7) is 4.71. The fourth-order valence-corrected chi connectivity index (χ4v) is 1.63. The molecule has 1 heterocycles. The number of carbonyl (C=O) groups excluding carboxylic acids is 1. The van der Waals surface area contributed by atoms with Gasteiger partial charge in [0.15, 0.2) is 0 Å². The van der Waals surface area contributed by atoms with Gasteiger partial charge in [0.1, 0.15) is 11.3 Å². The molecule has 0 aliphatic carbocycles. The minimum atomic E-state index is -4.50. The van der Waals surface area contributed by atoms with Gasteiger partial charge in [-0.2, -0.15) is 13.2 Å². The standard InChI is InChI=1S/C14H19F3N2O3/c1-13(2,3)22-12(21)19-10(8-20)6-9-4-5-11(18-7-9)14(15,16)17/h4-5,7,10,20H,6,8H2,1-3H3,(H,19,21). The van der Waals surface area contributed by atoms with Crippen LogP contribution in [0.2, 0.25) is 0 Å². The first kappa shape index (κ1) is 18.2. The number of amides is 1. The van der Waals surface area contributed by atoms with Crippen molar-refractivity contribution in [2.45, 2.75) is 45.0 Å². The Morgan fingerprint density at radius 1 is 1.36 bits per heavy atom. The van der Waals surface area contributed by atoms with Crippen LogP contribution in [0.3, 0.4) is 0 Å². The van der Waals surface area contributed by atoms with Crippen LogP contribution in [-0.2, 0) is 17.3 Å². The molecule has 0 saturated heterocycles. The monoisotopic (exact) mass is 320 g/mol. The van der Waals surface area contributed by atoms with Crippen molar-refractivity contribution in [2.75, 3.05) is 6.61 Å². The number of hydrogen-bond acceptors (Lipinski definition) is 4. The lowest BCUT2D eigenvalue weighted by Crippen LogP contribution is -2.42. The third-order valence-electron chi connectivity index (χ3n) is 2.54. The SMILES string of the molecule is CC(C)(C)OC(=O)NC(CO)Cc1ccc(C(F)(F)F)nc1. The largest absolute Gasteiger partial charge is 0.444 e. The average molecular weight is 320 g/mol. The molecule has 8 heteroatoms. The summed E-state index contributed by atoms with van der Waals surface area (Å²) in [7, 11) is 0. The zero-order valence-corrected chi connectivity index (χ0v) is 12.6. The third-order valence-corrected chi connectivity index (χ3v) is 2.54. The van der Waals surface area contributed by atoms with Crippen molar-refractivity contribution in [2.24, 2.45) is 0 Å². The number of nitrogens with one attached hydrogen (secondary N) is 1. The van der Waals surface area contributed by atoms with Crippen LogP contribution in [0.1, 0.15) is 32.0 Å². The summed E-state index contributed by atoms with van der Waals surface area (Å²) in [6, 6.07) is 1.44. The first-order valence-corrected chi connectivity index (χ1v) is 6.64. The average Bonchev–Trinajstić information content (AvgIpc) is 2.35. The number of ether oxygens (including phenoxy) is 1. The molecule has 0 aliphatic rings. The quantitative estimate of drug-likeness (QED) is 0.894. The summed E-state index contributed by atoms with van der Waals surface area (Å²) in [5.41, 5.74) is -1.21. The van der Waals surface area contributed by atoms with E-state index in [4.69, 9.17) is 4.74 Å². The summed E-state index contributed by atoms with van der Waals surface area (Å²) in [5.74, 6) is 0. The molecule has 1 amide bonds. The second-order valence-corrected chi connectivity index (χ2v) is 5.78. The van der Waals surface area contributed by atoms with Gasteiger partial charge in [-0.3, -0.25) is 4.98 Å². The minimum Gasteiger partial charge on any atom is -0.444 e. The van der Waals surface area contributed by atoms with Crippen LogP contribution in [0.4, 0.5) is 18.0 Å². The molecule has 0 saturated carbocycles. The van der Waals surface area contributed by atoms with Gasteiger partial charge in [-0.1, -0.05) is 6.07 Å². The van der Waals surface area contributed by atoms with Crippen molar-refractivity contribution in [1.29, 1.82) is 0 Å². The Bertz CT molecular complexity index is 496. The Morgan fingerprint density at radius 3 is 2.41 bits per heavy atom. The Balaban J connectivity index is 2.65. The first-order chi connectivity index (χ1) is 10.0. The maximum Gasteiger partial charge on any atom is 0.433 e. The molecule has 2 N–H and O–H groups in total. The van der Waals surface area contributed by atoms with Crippen molar-refractivity contribution in [3.63, 3.8) is 0 Å². The number of halogens is 3. The number of alkyl carbamates (subject to hydrolysis) is 1. The van der Waals surface area contributed by atoms with Gasteiger partial charge in [-0.05, 0) is 38.8 Å². The molecule has 1 atom stereocenters. The highest BCUT2D eigenvalue weighted by atomic mass is 19.4. The molecule has 1 aromatic rings. The van der Waals surface area contributed by atoms with E-state index in [1.807, 2.05) is 0 Å². The lowest BCUT2D eigenvalue weighted by molar-refractivity contribution is -0.141. The van der Waals surface area contributed by atoms with Gasteiger partial charge in [0, 0.05) is 6.20 Å². The predicted molar refractivity (Wildman–Crippen MR) is 73.2 cm³/mol. The van der Waals surface area contributed by atoms with Crippen molar-refractivity contribution in [3.8, 4) is 0 Å². The minimum absolute atomic E-state index is 0.140. The molecule has 0 radical (unpaired) electrons. The molecule has 0 bridgehead atoms. The lowest BCUT2D eigenvalue weighted by atomic mass is 10.1. The first-order valence-electron chi connectivity index (χ1n) is 6.64. The van der Waals surface area contributed by atoms with Crippen LogP contribution in [0, 0.1) is 0 Å². The number of hydrogen-bond donors (Lipinski definition) is 2. The van der Waals surface area contributed by atoms with Crippen LogP contribution >= 0.6 is 0 Å². The Morgan fingerprint density at radius 2 is 2.00 bits per heavy atom. The molecule has 1 rings (SSSR count). The Hall–Kier alpha value is -1.83. The number of aliphatic hydroxyl groups excluding tert-OH is 1. The molecule has 124 valence electrons. The fourth-order valence-electron chi connectivity index (χ4n) is 1.63. The zero-order chi connectivity index (χ0) is 17.0. The van der Waals surface area contributed by atoms with Gasteiger partial charge in [0.2, 0.25) is 0 Å². The Kier molecular flexibility index (Phi) is 5.76. The molecule has 0 fully saturated rings. The third kappa shape index (κ3) is 6.30. The maximum atomic E-state index is 12.4. The summed E-state index contributed by atoms with van der Waals surface area (Å²) >= 11 is 0. The van der Waals surface area contributed by atoms with E-state index in [1.165, 1.54) is 6.07 Å². The van der Waals surface area contributed by atoms with Crippen LogP contribution in [0.15, 0.2) is 18.3 Å². The van der Waals surface area contributed by atoms with Gasteiger partial charge in [0.25, 0.3) is 0 Å². The highest BCUT2D eigenvalue weighted by molar-refractivity contribution is 5.68. The lowest BCUT2D eigenvalue weighted by Gasteiger charge is -2.22. The summed E-state index contributed by atoms with van der Waals surface area (Å²) in [4.78, 5) is 14.9. The molecule has 1 aromatic heterocycles. The summed E-state index contributed by atoms with van der Waals surface area (Å²) < 4.78 is 42.3. The van der Waals surface area contributed by atoms with E-state index in [0.29, 0.717) is 5.56 Å². The molecular weight excluding hydrogens is 301 g/mol. The van der Waals surface area contributed by atoms with E-state index in [1.54, 1.807) is 20.8 Å². The van der Waals surface area contributed by atoms with Crippen LogP contribution < -0.4 is 5.32 Å². The van der Waals surface area contributed by atoms with Crippen LogP contribution in [-0.4, -0.2) is 34.4 Å². The molecule has 1 unspecified atom stereocenters. The molecular formula is C14H19F3N2O3. The number of carbonyl (C=O) groups is 1. The highest BCUT2D eigenvalue weighted by Crippen LogP contribution is 2.27. The van der Waals surface area contributed by atoms with Crippen molar-refractivity contribution in [3.05, 3.63) is 29.6 Å². The number of aliphatic hydroxyl groups is 1. The molecule has 0 spiro atoms. The second-order valence-electron chi connectivity index (χ2n) is 5.78. The van der Waals surface area contributed by atoms with Gasteiger partial charge in [-0.15, -0.1) is 0 Å². The van der Waals surface area contributed by atoms with Crippen LogP contribution in [0.25, 0.3) is 0 Å². The maximum absolute atomic E-state index is 12.4. The predicted octanol–water partition coefficient (Wildman–Crippen LogP) is 2.53. The van der Waals surface area contributed by atoms with Crippen molar-refractivity contribution >= 4 is 6.09 Å². The van der Waals surface area contributed by atoms with Gasteiger partial charge >= 0.3 is 12.3 Å². The highest BCUT2D eigenvalue weighted by Gasteiger charge is 2.32. The van der Waals surface area contributed by atoms with Crippen molar-refractivity contribution < 1.29 is 27.8 Å². The zero-order valence-electron chi connectivity index (χ0n) is 12.6. The van der Waals surface area contributed by atoms with E-state index in [-0.39, 0.29) is 13.0 Å². The van der Waals surface area contributed by atoms with E-state index in [2.05, 4.69) is 10.3 Å². The summed E-state index contributed by atoms with van der Waals surface area (Å²) in [6.07, 6.45) is -3.99. The smallest absolute Gasteiger partial charge is 0.433 e. The number of aromatic nitrogens is 1. The summed E-state index contributed by atoms with van der Waals surface area (Å²) in [5, 5.41) is 11.7. The van der Waals surface area contributed by atoms with Crippen molar-refractivity contribution in [1.82, 2.24) is 10.3 Å². The van der Waals surface area contributed by atoms with E-state index >= 15 is 0 Å². The van der Waals surface area contributed by atoms with E-state index < -0.39 is 29.6 Å². The van der Waals surface area contributed by atoms with E-state index in [0.717, 1.165) is 12.3 Å². The second kappa shape index (κ2) is 6.95. The number of nitrogens with zero attached hydrogens (tertiary/aromatic N) is 1. The van der Waals surface area contributed by atoms with Gasteiger partial charge < -0.3 is 15.2 Å². The molecule has 22 heavy (non-hydrogen) atoms. The van der Waals surface area contributed by atoms with Crippen LogP contribution in [0.5, 0.6) is 0 Å². The fraction of sp³-hybridized carbons (Fsp3) is 0.571. The number of rotatable bonds is 4. The molecule has 5 nitrogen and oxygen atoms in total. The molecule has 0 aromatic carbocycles. The van der Waals surface area contributed by atoms with E-state index in [9.17, 15) is 23.1 Å². The molecule has 0 aliphatic heterocycles. The number of alkyl halides is 3.